The van der Waals surface area contributed by atoms with E-state index < -0.39 is 0 Å². The zero-order valence-corrected chi connectivity index (χ0v) is 13.8. The van der Waals surface area contributed by atoms with Crippen molar-refractivity contribution in [2.45, 2.75) is 51.7 Å². The van der Waals surface area contributed by atoms with Crippen LogP contribution in [0.5, 0.6) is 5.75 Å². The van der Waals surface area contributed by atoms with Gasteiger partial charge < -0.3 is 15.0 Å². The lowest BCUT2D eigenvalue weighted by molar-refractivity contribution is 0.241. The standard InChI is InChI=1S/C18H30N2O/c1-15(2)21-17-10-8-16(9-11-17)18(19-3)14-20-12-6-4-5-7-13-20/h8-11,15,18-19H,4-7,12-14H2,1-3H3. The second kappa shape index (κ2) is 8.40. The smallest absolute Gasteiger partial charge is 0.119 e. The van der Waals surface area contributed by atoms with Gasteiger partial charge in [-0.2, -0.15) is 0 Å². The quantitative estimate of drug-likeness (QED) is 0.866. The fraction of sp³-hybridized carbons (Fsp3) is 0.667. The summed E-state index contributed by atoms with van der Waals surface area (Å²) in [6, 6.07) is 8.95. The number of likely N-dealkylation sites (N-methyl/N-ethyl adjacent to an activating group) is 1. The third-order valence-corrected chi connectivity index (χ3v) is 4.14. The Kier molecular flexibility index (Phi) is 6.52. The maximum Gasteiger partial charge on any atom is 0.119 e. The van der Waals surface area contributed by atoms with E-state index in [1.165, 1.54) is 44.3 Å². The number of hydrogen-bond donors (Lipinski definition) is 1. The van der Waals surface area contributed by atoms with Crippen LogP contribution in [0.1, 0.15) is 51.1 Å². The van der Waals surface area contributed by atoms with Crippen molar-refractivity contribution in [2.75, 3.05) is 26.7 Å². The monoisotopic (exact) mass is 290 g/mol. The van der Waals surface area contributed by atoms with Gasteiger partial charge in [-0.15, -0.1) is 0 Å². The van der Waals surface area contributed by atoms with Crippen LogP contribution in [0.4, 0.5) is 0 Å². The first-order chi connectivity index (χ1) is 10.2. The summed E-state index contributed by atoms with van der Waals surface area (Å²) in [5.41, 5.74) is 1.35. The SMILES string of the molecule is CNC(CN1CCCCCC1)c1ccc(OC(C)C)cc1. The van der Waals surface area contributed by atoms with Crippen LogP contribution >= 0.6 is 0 Å². The highest BCUT2D eigenvalue weighted by atomic mass is 16.5. The Morgan fingerprint density at radius 2 is 1.67 bits per heavy atom. The molecule has 1 atom stereocenters. The van der Waals surface area contributed by atoms with Crippen LogP contribution in [-0.2, 0) is 0 Å². The Hall–Kier alpha value is -1.06. The van der Waals surface area contributed by atoms with Gasteiger partial charge >= 0.3 is 0 Å². The summed E-state index contributed by atoms with van der Waals surface area (Å²) in [6.45, 7) is 7.70. The lowest BCUT2D eigenvalue weighted by Gasteiger charge is -2.26. The number of hydrogen-bond acceptors (Lipinski definition) is 3. The maximum atomic E-state index is 5.72. The molecule has 3 heteroatoms. The van der Waals surface area contributed by atoms with Crippen molar-refractivity contribution in [3.05, 3.63) is 29.8 Å². The molecule has 118 valence electrons. The van der Waals surface area contributed by atoms with Crippen molar-refractivity contribution in [1.82, 2.24) is 10.2 Å². The molecule has 1 heterocycles. The van der Waals surface area contributed by atoms with Crippen molar-refractivity contribution in [3.8, 4) is 5.75 Å². The predicted octanol–water partition coefficient (Wildman–Crippen LogP) is 3.61. The highest BCUT2D eigenvalue weighted by Gasteiger charge is 2.16. The van der Waals surface area contributed by atoms with Crippen molar-refractivity contribution >= 4 is 0 Å². The van der Waals surface area contributed by atoms with Crippen LogP contribution in [-0.4, -0.2) is 37.7 Å². The van der Waals surface area contributed by atoms with E-state index in [4.69, 9.17) is 4.74 Å². The average molecular weight is 290 g/mol. The predicted molar refractivity (Wildman–Crippen MR) is 88.9 cm³/mol. The summed E-state index contributed by atoms with van der Waals surface area (Å²) in [6.07, 6.45) is 5.70. The van der Waals surface area contributed by atoms with Gasteiger partial charge in [-0.25, -0.2) is 0 Å². The fourth-order valence-corrected chi connectivity index (χ4v) is 2.99. The Morgan fingerprint density at radius 1 is 1.05 bits per heavy atom. The molecular formula is C18H30N2O. The van der Waals surface area contributed by atoms with E-state index in [0.29, 0.717) is 6.04 Å². The first-order valence-corrected chi connectivity index (χ1v) is 8.35. The van der Waals surface area contributed by atoms with Crippen molar-refractivity contribution in [3.63, 3.8) is 0 Å². The summed E-state index contributed by atoms with van der Waals surface area (Å²) in [7, 11) is 2.06. The second-order valence-corrected chi connectivity index (χ2v) is 6.29. The second-order valence-electron chi connectivity index (χ2n) is 6.29. The van der Waals surface area contributed by atoms with Crippen molar-refractivity contribution < 1.29 is 4.74 Å². The Morgan fingerprint density at radius 3 is 2.19 bits per heavy atom. The molecule has 1 saturated heterocycles. The number of benzene rings is 1. The number of rotatable bonds is 6. The fourth-order valence-electron chi connectivity index (χ4n) is 2.99. The molecule has 1 aromatic carbocycles. The molecule has 3 nitrogen and oxygen atoms in total. The molecule has 0 aliphatic carbocycles. The molecule has 1 aromatic rings. The van der Waals surface area contributed by atoms with Crippen LogP contribution < -0.4 is 10.1 Å². The summed E-state index contributed by atoms with van der Waals surface area (Å²) in [5, 5.41) is 3.46. The summed E-state index contributed by atoms with van der Waals surface area (Å²) in [5.74, 6) is 0.957. The molecule has 1 unspecified atom stereocenters. The maximum absolute atomic E-state index is 5.72. The Labute approximate surface area is 129 Å². The molecular weight excluding hydrogens is 260 g/mol. The van der Waals surface area contributed by atoms with Gasteiger partial charge in [0, 0.05) is 12.6 Å². The van der Waals surface area contributed by atoms with E-state index in [1.807, 2.05) is 0 Å². The molecule has 1 aliphatic rings. The molecule has 0 bridgehead atoms. The van der Waals surface area contributed by atoms with Crippen LogP contribution in [0, 0.1) is 0 Å². The molecule has 0 amide bonds. The minimum absolute atomic E-state index is 0.230. The Balaban J connectivity index is 1.96. The largest absolute Gasteiger partial charge is 0.491 e. The highest BCUT2D eigenvalue weighted by Crippen LogP contribution is 2.20. The van der Waals surface area contributed by atoms with E-state index in [2.05, 4.69) is 55.4 Å². The van der Waals surface area contributed by atoms with Crippen LogP contribution in [0.15, 0.2) is 24.3 Å². The van der Waals surface area contributed by atoms with Gasteiger partial charge in [-0.1, -0.05) is 25.0 Å². The normalized spacial score (nSPS) is 18.5. The minimum Gasteiger partial charge on any atom is -0.491 e. The zero-order valence-electron chi connectivity index (χ0n) is 13.8. The van der Waals surface area contributed by atoms with Crippen LogP contribution in [0.3, 0.4) is 0 Å². The minimum atomic E-state index is 0.230. The third kappa shape index (κ3) is 5.33. The van der Waals surface area contributed by atoms with Crippen molar-refractivity contribution in [1.29, 1.82) is 0 Å². The van der Waals surface area contributed by atoms with E-state index in [0.717, 1.165) is 12.3 Å². The lowest BCUT2D eigenvalue weighted by Crippen LogP contribution is -2.34. The third-order valence-electron chi connectivity index (χ3n) is 4.14. The summed E-state index contributed by atoms with van der Waals surface area (Å²) in [4.78, 5) is 2.60. The van der Waals surface area contributed by atoms with Gasteiger partial charge in [0.2, 0.25) is 0 Å². The van der Waals surface area contributed by atoms with Gasteiger partial charge in [0.15, 0.2) is 0 Å². The van der Waals surface area contributed by atoms with Gasteiger partial charge in [0.1, 0.15) is 5.75 Å². The van der Waals surface area contributed by atoms with Crippen LogP contribution in [0.25, 0.3) is 0 Å². The highest BCUT2D eigenvalue weighted by molar-refractivity contribution is 5.29. The van der Waals surface area contributed by atoms with Gasteiger partial charge in [-0.3, -0.25) is 0 Å². The van der Waals surface area contributed by atoms with E-state index in [1.54, 1.807) is 0 Å². The first-order valence-electron chi connectivity index (χ1n) is 8.35. The molecule has 1 aliphatic heterocycles. The molecule has 0 spiro atoms. The van der Waals surface area contributed by atoms with Crippen LogP contribution in [0.2, 0.25) is 0 Å². The number of nitrogens with one attached hydrogen (secondary N) is 1. The average Bonchev–Trinajstić information content (AvgIpc) is 2.74. The van der Waals surface area contributed by atoms with E-state index >= 15 is 0 Å². The number of nitrogens with zero attached hydrogens (tertiary/aromatic N) is 1. The molecule has 0 radical (unpaired) electrons. The van der Waals surface area contributed by atoms with Gasteiger partial charge in [0.25, 0.3) is 0 Å². The molecule has 2 rings (SSSR count). The molecule has 1 fully saturated rings. The molecule has 21 heavy (non-hydrogen) atoms. The first kappa shape index (κ1) is 16.3. The molecule has 1 N–H and O–H groups in total. The summed E-state index contributed by atoms with van der Waals surface area (Å²) < 4.78 is 5.72. The number of likely N-dealkylation sites (tertiary alicyclic amines) is 1. The molecule has 0 saturated carbocycles. The van der Waals surface area contributed by atoms with Gasteiger partial charge in [-0.05, 0) is 64.5 Å². The van der Waals surface area contributed by atoms with E-state index in [9.17, 15) is 0 Å². The summed E-state index contributed by atoms with van der Waals surface area (Å²) >= 11 is 0. The Bertz CT molecular complexity index is 394. The topological polar surface area (TPSA) is 24.5 Å². The number of ether oxygens (including phenoxy) is 1. The lowest BCUT2D eigenvalue weighted by atomic mass is 10.1. The molecule has 0 aromatic heterocycles. The van der Waals surface area contributed by atoms with Crippen molar-refractivity contribution in [2.24, 2.45) is 0 Å². The van der Waals surface area contributed by atoms with E-state index in [-0.39, 0.29) is 6.10 Å². The van der Waals surface area contributed by atoms with Gasteiger partial charge in [0.05, 0.1) is 6.10 Å². The zero-order chi connectivity index (χ0) is 15.1.